The molecule has 7 heteroatoms. The summed E-state index contributed by atoms with van der Waals surface area (Å²) in [5, 5.41) is 11.6. The van der Waals surface area contributed by atoms with Gasteiger partial charge in [-0.25, -0.2) is 4.98 Å². The second kappa shape index (κ2) is 9.55. The number of likely N-dealkylation sites (tertiary alicyclic amines) is 1. The van der Waals surface area contributed by atoms with Crippen LogP contribution in [-0.4, -0.2) is 44.7 Å². The third kappa shape index (κ3) is 4.50. The fourth-order valence-corrected chi connectivity index (χ4v) is 5.68. The summed E-state index contributed by atoms with van der Waals surface area (Å²) >= 11 is 1.70. The van der Waals surface area contributed by atoms with Crippen LogP contribution < -0.4 is 5.32 Å². The molecule has 3 heterocycles. The number of carbonyl (C=O) groups is 1. The number of aryl methyl sites for hydroxylation is 1. The number of fused-ring (bicyclic) bond motifs is 1. The van der Waals surface area contributed by atoms with Gasteiger partial charge in [-0.3, -0.25) is 9.48 Å². The van der Waals surface area contributed by atoms with Gasteiger partial charge in [-0.05, 0) is 32.1 Å². The summed E-state index contributed by atoms with van der Waals surface area (Å²) in [6, 6.07) is 10.7. The normalized spacial score (nSPS) is 18.9. The first-order valence-electron chi connectivity index (χ1n) is 11.8. The van der Waals surface area contributed by atoms with Gasteiger partial charge < -0.3 is 10.2 Å². The Morgan fingerprint density at radius 1 is 1.16 bits per heavy atom. The van der Waals surface area contributed by atoms with Gasteiger partial charge in [-0.2, -0.15) is 5.10 Å². The Kier molecular flexibility index (Phi) is 6.37. The molecular weight excluding hydrogens is 418 g/mol. The highest BCUT2D eigenvalue weighted by molar-refractivity contribution is 7.09. The van der Waals surface area contributed by atoms with Crippen molar-refractivity contribution in [3.63, 3.8) is 0 Å². The minimum Gasteiger partial charge on any atom is -0.337 e. The Labute approximate surface area is 193 Å². The molecule has 168 valence electrons. The second-order valence-corrected chi connectivity index (χ2v) is 9.86. The molecule has 1 fully saturated rings. The zero-order chi connectivity index (χ0) is 21.9. The zero-order valence-electron chi connectivity index (χ0n) is 18.7. The Morgan fingerprint density at radius 2 is 1.94 bits per heavy atom. The van der Waals surface area contributed by atoms with Crippen LogP contribution in [0.2, 0.25) is 0 Å². The van der Waals surface area contributed by atoms with Crippen molar-refractivity contribution < 1.29 is 4.79 Å². The maximum atomic E-state index is 13.3. The predicted octanol–water partition coefficient (Wildman–Crippen LogP) is 4.21. The number of thiazole rings is 1. The number of nitrogens with one attached hydrogen (secondary N) is 1. The van der Waals surface area contributed by atoms with Gasteiger partial charge in [0, 0.05) is 54.9 Å². The second-order valence-electron chi connectivity index (χ2n) is 8.92. The molecule has 2 aliphatic rings. The third-order valence-electron chi connectivity index (χ3n) is 6.71. The molecule has 0 bridgehead atoms. The molecule has 3 aromatic rings. The molecule has 32 heavy (non-hydrogen) atoms. The van der Waals surface area contributed by atoms with Gasteiger partial charge in [0.05, 0.1) is 5.69 Å². The van der Waals surface area contributed by atoms with Crippen molar-refractivity contribution >= 4 is 17.2 Å². The largest absolute Gasteiger partial charge is 0.337 e. The number of benzene rings is 1. The minimum absolute atomic E-state index is 0.122. The Bertz CT molecular complexity index is 1070. The molecule has 0 spiro atoms. The monoisotopic (exact) mass is 449 g/mol. The van der Waals surface area contributed by atoms with Crippen molar-refractivity contribution in [3.05, 3.63) is 57.7 Å². The lowest BCUT2D eigenvalue weighted by Gasteiger charge is -2.25. The summed E-state index contributed by atoms with van der Waals surface area (Å²) in [7, 11) is 1.98. The molecule has 1 amide bonds. The van der Waals surface area contributed by atoms with Crippen LogP contribution in [0.15, 0.2) is 35.7 Å². The van der Waals surface area contributed by atoms with Crippen molar-refractivity contribution in [2.24, 2.45) is 7.05 Å². The minimum atomic E-state index is 0.122. The molecule has 5 rings (SSSR count). The molecule has 6 nitrogen and oxygen atoms in total. The highest BCUT2D eigenvalue weighted by Crippen LogP contribution is 2.27. The van der Waals surface area contributed by atoms with E-state index in [2.05, 4.69) is 27.9 Å². The highest BCUT2D eigenvalue weighted by atomic mass is 32.1. The van der Waals surface area contributed by atoms with Gasteiger partial charge in [-0.15, -0.1) is 11.3 Å². The summed E-state index contributed by atoms with van der Waals surface area (Å²) in [4.78, 5) is 20.1. The number of hydrogen-bond acceptors (Lipinski definition) is 5. The molecule has 0 saturated carbocycles. The first-order valence-corrected chi connectivity index (χ1v) is 12.6. The van der Waals surface area contributed by atoms with Crippen molar-refractivity contribution in [1.29, 1.82) is 0 Å². The molecular formula is C25H31N5OS. The zero-order valence-corrected chi connectivity index (χ0v) is 19.5. The van der Waals surface area contributed by atoms with Gasteiger partial charge in [0.2, 0.25) is 0 Å². The number of hydrogen-bond donors (Lipinski definition) is 1. The van der Waals surface area contributed by atoms with Crippen molar-refractivity contribution in [2.75, 3.05) is 13.1 Å². The molecule has 1 atom stereocenters. The smallest absolute Gasteiger partial charge is 0.274 e. The summed E-state index contributed by atoms with van der Waals surface area (Å²) in [5.41, 5.74) is 5.24. The topological polar surface area (TPSA) is 63.1 Å². The Balaban J connectivity index is 1.25. The van der Waals surface area contributed by atoms with Crippen LogP contribution in [0, 0.1) is 0 Å². The number of rotatable bonds is 5. The fourth-order valence-electron chi connectivity index (χ4n) is 4.92. The molecule has 1 aliphatic heterocycles. The van der Waals surface area contributed by atoms with Gasteiger partial charge in [0.1, 0.15) is 5.01 Å². The molecule has 2 aromatic heterocycles. The van der Waals surface area contributed by atoms with E-state index in [1.165, 1.54) is 18.5 Å². The van der Waals surface area contributed by atoms with Gasteiger partial charge in [0.15, 0.2) is 5.69 Å². The Morgan fingerprint density at radius 3 is 2.72 bits per heavy atom. The van der Waals surface area contributed by atoms with Crippen LogP contribution in [0.1, 0.15) is 58.9 Å². The standard InChI is InChI=1S/C25H31N5OS/c1-29-22-12-11-19(26-16-23-27-21(17-32-23)18-9-5-4-6-10-18)15-20(22)24(28-29)25(31)30-13-7-2-3-8-14-30/h4-6,9-10,17,19,26H,2-3,7-8,11-16H2,1H3/t19-/m0/s1. The van der Waals surface area contributed by atoms with E-state index < -0.39 is 0 Å². The van der Waals surface area contributed by atoms with Crippen molar-refractivity contribution in [2.45, 2.75) is 57.5 Å². The van der Waals surface area contributed by atoms with E-state index in [1.54, 1.807) is 11.3 Å². The summed E-state index contributed by atoms with van der Waals surface area (Å²) in [6.07, 6.45) is 7.51. The number of carbonyl (C=O) groups excluding carboxylic acids is 1. The van der Waals surface area contributed by atoms with E-state index in [9.17, 15) is 4.79 Å². The van der Waals surface area contributed by atoms with Gasteiger partial charge in [-0.1, -0.05) is 43.2 Å². The summed E-state index contributed by atoms with van der Waals surface area (Å²) in [6.45, 7) is 2.48. The lowest BCUT2D eigenvalue weighted by Crippen LogP contribution is -2.36. The van der Waals surface area contributed by atoms with E-state index in [1.807, 2.05) is 34.8 Å². The third-order valence-corrected chi connectivity index (χ3v) is 7.56. The van der Waals surface area contributed by atoms with E-state index in [4.69, 9.17) is 4.98 Å². The average Bonchev–Trinajstić information content (AvgIpc) is 3.32. The van der Waals surface area contributed by atoms with Gasteiger partial charge >= 0.3 is 0 Å². The van der Waals surface area contributed by atoms with Crippen LogP contribution in [-0.2, 0) is 26.4 Å². The van der Waals surface area contributed by atoms with Crippen LogP contribution in [0.25, 0.3) is 11.3 Å². The predicted molar refractivity (Wildman–Crippen MR) is 128 cm³/mol. The first-order chi connectivity index (χ1) is 15.7. The number of nitrogens with zero attached hydrogens (tertiary/aromatic N) is 4. The fraction of sp³-hybridized carbons (Fsp3) is 0.480. The molecule has 1 N–H and O–H groups in total. The van der Waals surface area contributed by atoms with Crippen LogP contribution in [0.3, 0.4) is 0 Å². The molecule has 0 unspecified atom stereocenters. The van der Waals surface area contributed by atoms with E-state index >= 15 is 0 Å². The molecule has 1 aromatic carbocycles. The van der Waals surface area contributed by atoms with E-state index in [0.717, 1.165) is 73.6 Å². The maximum Gasteiger partial charge on any atom is 0.274 e. The SMILES string of the molecule is Cn1nc(C(=O)N2CCCCCC2)c2c1CC[C@H](NCc1nc(-c3ccccc3)cs1)C2. The van der Waals surface area contributed by atoms with E-state index in [0.29, 0.717) is 11.7 Å². The maximum absolute atomic E-state index is 13.3. The molecule has 1 aliphatic carbocycles. The number of amides is 1. The van der Waals surface area contributed by atoms with Crippen molar-refractivity contribution in [1.82, 2.24) is 25.0 Å². The number of aromatic nitrogens is 3. The van der Waals surface area contributed by atoms with E-state index in [-0.39, 0.29) is 5.91 Å². The summed E-state index contributed by atoms with van der Waals surface area (Å²) in [5.74, 6) is 0.122. The first kappa shape index (κ1) is 21.3. The van der Waals surface area contributed by atoms with Gasteiger partial charge in [0.25, 0.3) is 5.91 Å². The highest BCUT2D eigenvalue weighted by Gasteiger charge is 2.30. The average molecular weight is 450 g/mol. The van der Waals surface area contributed by atoms with Crippen LogP contribution >= 0.6 is 11.3 Å². The molecule has 1 saturated heterocycles. The quantitative estimate of drug-likeness (QED) is 0.634. The lowest BCUT2D eigenvalue weighted by atomic mass is 9.91. The summed E-state index contributed by atoms with van der Waals surface area (Å²) < 4.78 is 1.93. The van der Waals surface area contributed by atoms with Crippen molar-refractivity contribution in [3.8, 4) is 11.3 Å². The Hall–Kier alpha value is -2.51. The van der Waals surface area contributed by atoms with Crippen LogP contribution in [0.5, 0.6) is 0 Å². The van der Waals surface area contributed by atoms with Crippen LogP contribution in [0.4, 0.5) is 0 Å². The molecule has 0 radical (unpaired) electrons. The lowest BCUT2D eigenvalue weighted by molar-refractivity contribution is 0.0753.